The Bertz CT molecular complexity index is 959. The van der Waals surface area contributed by atoms with Crippen LogP contribution in [0, 0.1) is 0 Å². The van der Waals surface area contributed by atoms with E-state index < -0.39 is 11.8 Å². The molecule has 1 aromatic heterocycles. The first-order chi connectivity index (χ1) is 12.5. The van der Waals surface area contributed by atoms with E-state index in [9.17, 15) is 14.7 Å². The summed E-state index contributed by atoms with van der Waals surface area (Å²) in [7, 11) is 0. The highest BCUT2D eigenvalue weighted by Gasteiger charge is 2.13. The van der Waals surface area contributed by atoms with Crippen LogP contribution in [0.2, 0.25) is 0 Å². The maximum atomic E-state index is 12.2. The number of benzene rings is 2. The van der Waals surface area contributed by atoms with E-state index in [0.29, 0.717) is 11.3 Å². The lowest BCUT2D eigenvalue weighted by Gasteiger charge is -2.07. The molecule has 0 fully saturated rings. The molecule has 0 radical (unpaired) electrons. The second-order valence-corrected chi connectivity index (χ2v) is 5.18. The van der Waals surface area contributed by atoms with Crippen molar-refractivity contribution in [1.29, 1.82) is 0 Å². The van der Waals surface area contributed by atoms with E-state index in [1.54, 1.807) is 36.4 Å². The smallest absolute Gasteiger partial charge is 0.261 e. The average molecular weight is 350 g/mol. The topological polar surface area (TPSA) is 143 Å². The molecule has 9 nitrogen and oxygen atoms in total. The summed E-state index contributed by atoms with van der Waals surface area (Å²) in [5.41, 5.74) is 6.56. The van der Waals surface area contributed by atoms with Crippen molar-refractivity contribution in [3.63, 3.8) is 0 Å². The third kappa shape index (κ3) is 3.90. The minimum Gasteiger partial charge on any atom is -0.507 e. The molecule has 0 aliphatic heterocycles. The van der Waals surface area contributed by atoms with E-state index in [0.717, 1.165) is 6.33 Å². The number of phenols is 1. The first-order valence-electron chi connectivity index (χ1n) is 7.48. The third-order valence-corrected chi connectivity index (χ3v) is 3.34. The van der Waals surface area contributed by atoms with Crippen LogP contribution >= 0.6 is 0 Å². The molecule has 2 aromatic carbocycles. The Morgan fingerprint density at radius 1 is 0.885 bits per heavy atom. The van der Waals surface area contributed by atoms with Crippen LogP contribution in [0.4, 0.5) is 17.6 Å². The molecular formula is C17H14N6O3. The largest absolute Gasteiger partial charge is 0.507 e. The molecule has 9 heteroatoms. The zero-order valence-corrected chi connectivity index (χ0v) is 13.4. The average Bonchev–Trinajstić information content (AvgIpc) is 2.63. The fraction of sp³-hybridized carbons (Fsp3) is 0. The maximum Gasteiger partial charge on any atom is 0.261 e. The van der Waals surface area contributed by atoms with Crippen LogP contribution < -0.4 is 16.4 Å². The molecule has 0 saturated heterocycles. The zero-order chi connectivity index (χ0) is 18.5. The van der Waals surface area contributed by atoms with Gasteiger partial charge in [-0.3, -0.25) is 20.2 Å². The molecule has 0 saturated carbocycles. The predicted octanol–water partition coefficient (Wildman–Crippen LogP) is 1.66. The number of nitrogens with zero attached hydrogens (tertiary/aromatic N) is 3. The molecule has 3 rings (SSSR count). The quantitative estimate of drug-likeness (QED) is 0.524. The van der Waals surface area contributed by atoms with Gasteiger partial charge >= 0.3 is 0 Å². The zero-order valence-electron chi connectivity index (χ0n) is 13.4. The highest BCUT2D eigenvalue weighted by Crippen LogP contribution is 2.16. The van der Waals surface area contributed by atoms with Gasteiger partial charge in [-0.25, -0.2) is 9.97 Å². The number of nitrogens with two attached hydrogens (primary N) is 1. The van der Waals surface area contributed by atoms with Gasteiger partial charge in [-0.15, -0.1) is 0 Å². The minimum absolute atomic E-state index is 0.0330. The van der Waals surface area contributed by atoms with Gasteiger partial charge in [0.05, 0.1) is 5.56 Å². The number of nitrogen functional groups attached to an aromatic ring is 1. The van der Waals surface area contributed by atoms with E-state index >= 15 is 0 Å². The number of aromatic nitrogens is 3. The fourth-order valence-electron chi connectivity index (χ4n) is 2.06. The van der Waals surface area contributed by atoms with Gasteiger partial charge in [0.25, 0.3) is 11.8 Å². The standard InChI is InChI=1S/C17H14N6O3/c18-11-7-5-10(6-8-11)14(25)21-16-19-9-20-17(23-16)22-15(26)12-3-1-2-4-13(12)24/h1-9,24H,18H2,(H2,19,20,21,22,23,25,26). The summed E-state index contributed by atoms with van der Waals surface area (Å²) >= 11 is 0. The van der Waals surface area contributed by atoms with Crippen molar-refractivity contribution in [3.05, 3.63) is 66.0 Å². The van der Waals surface area contributed by atoms with Crippen molar-refractivity contribution in [2.75, 3.05) is 16.4 Å². The Labute approximate surface area is 147 Å². The fourth-order valence-corrected chi connectivity index (χ4v) is 2.06. The number of para-hydroxylation sites is 1. The van der Waals surface area contributed by atoms with Gasteiger partial charge in [0.15, 0.2) is 0 Å². The van der Waals surface area contributed by atoms with Gasteiger partial charge in [-0.05, 0) is 36.4 Å². The summed E-state index contributed by atoms with van der Waals surface area (Å²) in [6.07, 6.45) is 1.14. The van der Waals surface area contributed by atoms with E-state index in [1.807, 2.05) is 0 Å². The Kier molecular flexibility index (Phi) is 4.70. The van der Waals surface area contributed by atoms with Crippen molar-refractivity contribution in [2.24, 2.45) is 0 Å². The lowest BCUT2D eigenvalue weighted by Crippen LogP contribution is -2.18. The van der Waals surface area contributed by atoms with Crippen molar-refractivity contribution < 1.29 is 14.7 Å². The molecule has 3 aromatic rings. The van der Waals surface area contributed by atoms with Gasteiger partial charge in [0, 0.05) is 11.3 Å². The highest BCUT2D eigenvalue weighted by molar-refractivity contribution is 6.05. The second kappa shape index (κ2) is 7.26. The van der Waals surface area contributed by atoms with E-state index in [4.69, 9.17) is 5.73 Å². The first-order valence-corrected chi connectivity index (χ1v) is 7.48. The molecule has 130 valence electrons. The van der Waals surface area contributed by atoms with Gasteiger partial charge < -0.3 is 10.8 Å². The number of nitrogens with one attached hydrogen (secondary N) is 2. The number of carbonyl (C=O) groups excluding carboxylic acids is 2. The number of anilines is 3. The van der Waals surface area contributed by atoms with Gasteiger partial charge in [0.2, 0.25) is 11.9 Å². The molecule has 0 spiro atoms. The third-order valence-electron chi connectivity index (χ3n) is 3.34. The molecule has 0 unspecified atom stereocenters. The van der Waals surface area contributed by atoms with Gasteiger partial charge in [-0.2, -0.15) is 4.98 Å². The van der Waals surface area contributed by atoms with Crippen LogP contribution in [0.25, 0.3) is 0 Å². The maximum absolute atomic E-state index is 12.2. The lowest BCUT2D eigenvalue weighted by molar-refractivity contribution is 0.101. The van der Waals surface area contributed by atoms with Gasteiger partial charge in [0.1, 0.15) is 12.1 Å². The van der Waals surface area contributed by atoms with E-state index in [1.165, 1.54) is 12.1 Å². The predicted molar refractivity (Wildman–Crippen MR) is 94.7 cm³/mol. The Balaban J connectivity index is 1.72. The van der Waals surface area contributed by atoms with Crippen LogP contribution in [0.3, 0.4) is 0 Å². The van der Waals surface area contributed by atoms with Crippen LogP contribution in [0.1, 0.15) is 20.7 Å². The van der Waals surface area contributed by atoms with Gasteiger partial charge in [-0.1, -0.05) is 12.1 Å². The van der Waals surface area contributed by atoms with Crippen LogP contribution in [-0.4, -0.2) is 31.9 Å². The number of rotatable bonds is 4. The summed E-state index contributed by atoms with van der Waals surface area (Å²) in [5.74, 6) is -1.30. The monoisotopic (exact) mass is 350 g/mol. The SMILES string of the molecule is Nc1ccc(C(=O)Nc2ncnc(NC(=O)c3ccccc3O)n2)cc1. The van der Waals surface area contributed by atoms with Crippen LogP contribution in [0.5, 0.6) is 5.75 Å². The highest BCUT2D eigenvalue weighted by atomic mass is 16.3. The van der Waals surface area contributed by atoms with E-state index in [2.05, 4.69) is 25.6 Å². The van der Waals surface area contributed by atoms with Crippen molar-refractivity contribution in [1.82, 2.24) is 15.0 Å². The molecule has 5 N–H and O–H groups in total. The number of hydrogen-bond donors (Lipinski definition) is 4. The van der Waals surface area contributed by atoms with Crippen molar-refractivity contribution >= 4 is 29.4 Å². The Morgan fingerprint density at radius 2 is 1.50 bits per heavy atom. The van der Waals surface area contributed by atoms with Crippen molar-refractivity contribution in [2.45, 2.75) is 0 Å². The molecule has 0 bridgehead atoms. The van der Waals surface area contributed by atoms with Crippen LogP contribution in [-0.2, 0) is 0 Å². The molecule has 0 atom stereocenters. The number of aromatic hydroxyl groups is 1. The number of phenolic OH excluding ortho intramolecular Hbond substituents is 1. The Morgan fingerprint density at radius 3 is 2.15 bits per heavy atom. The second-order valence-electron chi connectivity index (χ2n) is 5.18. The lowest BCUT2D eigenvalue weighted by atomic mass is 10.2. The number of hydrogen-bond acceptors (Lipinski definition) is 7. The number of carbonyl (C=O) groups is 2. The molecule has 0 aliphatic carbocycles. The van der Waals surface area contributed by atoms with E-state index in [-0.39, 0.29) is 23.2 Å². The Hall–Kier alpha value is -4.01. The molecule has 2 amide bonds. The summed E-state index contributed by atoms with van der Waals surface area (Å²) in [4.78, 5) is 35.9. The summed E-state index contributed by atoms with van der Waals surface area (Å²) < 4.78 is 0. The summed E-state index contributed by atoms with van der Waals surface area (Å²) in [6, 6.07) is 12.4. The molecule has 26 heavy (non-hydrogen) atoms. The summed E-state index contributed by atoms with van der Waals surface area (Å²) in [5, 5.41) is 14.6. The molecule has 0 aliphatic rings. The molecule has 1 heterocycles. The summed E-state index contributed by atoms with van der Waals surface area (Å²) in [6.45, 7) is 0. The minimum atomic E-state index is -0.592. The first kappa shape index (κ1) is 16.8. The number of amides is 2. The normalized spacial score (nSPS) is 10.2. The molecular weight excluding hydrogens is 336 g/mol. The van der Waals surface area contributed by atoms with Crippen LogP contribution in [0.15, 0.2) is 54.9 Å². The van der Waals surface area contributed by atoms with Crippen molar-refractivity contribution in [3.8, 4) is 5.75 Å².